The van der Waals surface area contributed by atoms with Gasteiger partial charge in [0.25, 0.3) is 0 Å². The molecule has 0 saturated heterocycles. The Balaban J connectivity index is 2.15. The van der Waals surface area contributed by atoms with Crippen LogP contribution in [0, 0.1) is 11.8 Å². The van der Waals surface area contributed by atoms with Gasteiger partial charge in [-0.25, -0.2) is 4.98 Å². The molecule has 3 nitrogen and oxygen atoms in total. The lowest BCUT2D eigenvalue weighted by Crippen LogP contribution is -2.25. The second kappa shape index (κ2) is 6.86. The molecule has 0 radical (unpaired) electrons. The molecule has 0 amide bonds. The van der Waals surface area contributed by atoms with Crippen LogP contribution in [0.3, 0.4) is 0 Å². The van der Waals surface area contributed by atoms with Gasteiger partial charge < -0.3 is 10.6 Å². The van der Waals surface area contributed by atoms with Gasteiger partial charge in [-0.05, 0) is 37.7 Å². The molecule has 1 aliphatic carbocycles. The minimum Gasteiger partial charge on any atom is -0.369 e. The average molecular weight is 316 g/mol. The van der Waals surface area contributed by atoms with Gasteiger partial charge in [0.2, 0.25) is 0 Å². The van der Waals surface area contributed by atoms with E-state index in [9.17, 15) is 0 Å². The maximum absolute atomic E-state index is 6.26. The van der Waals surface area contributed by atoms with E-state index in [0.717, 1.165) is 18.3 Å². The molecule has 1 aliphatic rings. The van der Waals surface area contributed by atoms with Crippen LogP contribution in [0.2, 0.25) is 10.0 Å². The summed E-state index contributed by atoms with van der Waals surface area (Å²) >= 11 is 12.4. The van der Waals surface area contributed by atoms with E-state index in [-0.39, 0.29) is 0 Å². The third kappa shape index (κ3) is 3.32. The average Bonchev–Trinajstić information content (AvgIpc) is 2.76. The Morgan fingerprint density at radius 3 is 2.50 bits per heavy atom. The first-order valence-electron chi connectivity index (χ1n) is 7.43. The van der Waals surface area contributed by atoms with Crippen LogP contribution in [-0.2, 0) is 0 Å². The van der Waals surface area contributed by atoms with E-state index in [2.05, 4.69) is 29.5 Å². The van der Waals surface area contributed by atoms with E-state index in [1.165, 1.54) is 19.3 Å². The lowest BCUT2D eigenvalue weighted by Gasteiger charge is -2.22. The first-order valence-corrected chi connectivity index (χ1v) is 8.18. The Labute approximate surface area is 131 Å². The van der Waals surface area contributed by atoms with Crippen molar-refractivity contribution in [2.75, 3.05) is 17.2 Å². The Kier molecular flexibility index (Phi) is 5.39. The van der Waals surface area contributed by atoms with Crippen molar-refractivity contribution in [3.63, 3.8) is 0 Å². The molecule has 1 fully saturated rings. The summed E-state index contributed by atoms with van der Waals surface area (Å²) in [7, 11) is 0. The van der Waals surface area contributed by atoms with Crippen LogP contribution in [0.15, 0.2) is 6.07 Å². The van der Waals surface area contributed by atoms with Crippen molar-refractivity contribution in [2.24, 2.45) is 11.8 Å². The number of nitrogens with one attached hydrogen (secondary N) is 2. The molecule has 112 valence electrons. The highest BCUT2D eigenvalue weighted by Gasteiger charge is 2.32. The molecule has 2 N–H and O–H groups in total. The number of anilines is 2. The van der Waals surface area contributed by atoms with Crippen molar-refractivity contribution < 1.29 is 0 Å². The number of rotatable bonds is 5. The van der Waals surface area contributed by atoms with E-state index in [0.29, 0.717) is 27.8 Å². The monoisotopic (exact) mass is 315 g/mol. The predicted molar refractivity (Wildman–Crippen MR) is 88.0 cm³/mol. The zero-order valence-corrected chi connectivity index (χ0v) is 13.9. The summed E-state index contributed by atoms with van der Waals surface area (Å²) in [5.41, 5.74) is 0. The molecule has 0 spiro atoms. The number of aromatic nitrogens is 1. The molecule has 1 heterocycles. The number of hydrogen-bond acceptors (Lipinski definition) is 3. The number of hydrogen-bond donors (Lipinski definition) is 2. The fourth-order valence-electron chi connectivity index (χ4n) is 3.06. The van der Waals surface area contributed by atoms with Crippen molar-refractivity contribution in [2.45, 2.75) is 46.1 Å². The fourth-order valence-corrected chi connectivity index (χ4v) is 3.54. The van der Waals surface area contributed by atoms with Gasteiger partial charge in [0.05, 0.1) is 10.0 Å². The lowest BCUT2D eigenvalue weighted by molar-refractivity contribution is 0.391. The summed E-state index contributed by atoms with van der Waals surface area (Å²) in [6.07, 6.45) is 3.70. The fraction of sp³-hybridized carbons (Fsp3) is 0.667. The van der Waals surface area contributed by atoms with E-state index in [1.807, 2.05) is 6.92 Å². The third-order valence-electron chi connectivity index (χ3n) is 4.35. The molecule has 2 rings (SSSR count). The molecule has 0 aliphatic heterocycles. The maximum Gasteiger partial charge on any atom is 0.147 e. The molecule has 5 heteroatoms. The third-order valence-corrected chi connectivity index (χ3v) is 4.92. The van der Waals surface area contributed by atoms with Crippen LogP contribution in [0.4, 0.5) is 11.6 Å². The summed E-state index contributed by atoms with van der Waals surface area (Å²) < 4.78 is 0. The van der Waals surface area contributed by atoms with Crippen LogP contribution >= 0.6 is 23.2 Å². The van der Waals surface area contributed by atoms with E-state index in [4.69, 9.17) is 23.2 Å². The van der Waals surface area contributed by atoms with Crippen molar-refractivity contribution in [1.82, 2.24) is 4.98 Å². The molecule has 0 aromatic carbocycles. The topological polar surface area (TPSA) is 37.0 Å². The summed E-state index contributed by atoms with van der Waals surface area (Å²) in [4.78, 5) is 4.52. The Morgan fingerprint density at radius 2 is 1.90 bits per heavy atom. The van der Waals surface area contributed by atoms with Crippen LogP contribution in [0.25, 0.3) is 0 Å². The molecule has 1 aromatic heterocycles. The zero-order chi connectivity index (χ0) is 14.7. The highest BCUT2D eigenvalue weighted by Crippen LogP contribution is 2.37. The minimum absolute atomic E-state index is 0.445. The molecule has 20 heavy (non-hydrogen) atoms. The summed E-state index contributed by atoms with van der Waals surface area (Å²) in [5, 5.41) is 7.82. The SMILES string of the molecule is CCNc1nc(NC2CCC(CC)C2C)c(Cl)cc1Cl. The van der Waals surface area contributed by atoms with Gasteiger partial charge in [-0.15, -0.1) is 0 Å². The van der Waals surface area contributed by atoms with E-state index >= 15 is 0 Å². The minimum atomic E-state index is 0.445. The largest absolute Gasteiger partial charge is 0.369 e. The molecule has 1 saturated carbocycles. The molecular weight excluding hydrogens is 293 g/mol. The van der Waals surface area contributed by atoms with Crippen molar-refractivity contribution in [3.8, 4) is 0 Å². The predicted octanol–water partition coefficient (Wildman–Crippen LogP) is 5.06. The Hall–Kier alpha value is -0.670. The van der Waals surface area contributed by atoms with Gasteiger partial charge in [-0.3, -0.25) is 0 Å². The van der Waals surface area contributed by atoms with E-state index in [1.54, 1.807) is 6.07 Å². The van der Waals surface area contributed by atoms with Crippen molar-refractivity contribution >= 4 is 34.8 Å². The second-order valence-electron chi connectivity index (χ2n) is 5.54. The highest BCUT2D eigenvalue weighted by atomic mass is 35.5. The van der Waals surface area contributed by atoms with E-state index < -0.39 is 0 Å². The first kappa shape index (κ1) is 15.7. The van der Waals surface area contributed by atoms with Crippen LogP contribution < -0.4 is 10.6 Å². The van der Waals surface area contributed by atoms with Gasteiger partial charge in [-0.1, -0.05) is 43.5 Å². The quantitative estimate of drug-likeness (QED) is 0.797. The molecular formula is C15H23Cl2N3. The summed E-state index contributed by atoms with van der Waals surface area (Å²) in [6, 6.07) is 2.20. The number of halogens is 2. The summed E-state index contributed by atoms with van der Waals surface area (Å²) in [5.74, 6) is 2.88. The Bertz CT molecular complexity index is 465. The Morgan fingerprint density at radius 1 is 1.20 bits per heavy atom. The summed E-state index contributed by atoms with van der Waals surface area (Å²) in [6.45, 7) is 7.38. The van der Waals surface area contributed by atoms with Crippen LogP contribution in [-0.4, -0.2) is 17.6 Å². The normalized spacial score (nSPS) is 25.8. The molecule has 3 atom stereocenters. The second-order valence-corrected chi connectivity index (χ2v) is 6.35. The molecule has 3 unspecified atom stereocenters. The van der Waals surface area contributed by atoms with Gasteiger partial charge in [0.1, 0.15) is 11.6 Å². The van der Waals surface area contributed by atoms with Gasteiger partial charge in [0.15, 0.2) is 0 Å². The highest BCUT2D eigenvalue weighted by molar-refractivity contribution is 6.37. The van der Waals surface area contributed by atoms with Gasteiger partial charge in [0, 0.05) is 12.6 Å². The van der Waals surface area contributed by atoms with Gasteiger partial charge >= 0.3 is 0 Å². The molecule has 0 bridgehead atoms. The first-order chi connectivity index (χ1) is 9.56. The van der Waals surface area contributed by atoms with Crippen molar-refractivity contribution in [1.29, 1.82) is 0 Å². The van der Waals surface area contributed by atoms with Gasteiger partial charge in [-0.2, -0.15) is 0 Å². The number of pyridine rings is 1. The smallest absolute Gasteiger partial charge is 0.147 e. The lowest BCUT2D eigenvalue weighted by atomic mass is 9.93. The van der Waals surface area contributed by atoms with Crippen LogP contribution in [0.1, 0.15) is 40.0 Å². The number of nitrogens with zero attached hydrogens (tertiary/aromatic N) is 1. The van der Waals surface area contributed by atoms with Crippen LogP contribution in [0.5, 0.6) is 0 Å². The standard InChI is InChI=1S/C15H23Cl2N3/c1-4-10-6-7-13(9(10)3)19-15-12(17)8-11(16)14(20-15)18-5-2/h8-10,13H,4-7H2,1-3H3,(H2,18,19,20). The van der Waals surface area contributed by atoms with Crippen molar-refractivity contribution in [3.05, 3.63) is 16.1 Å². The maximum atomic E-state index is 6.26. The molecule has 1 aromatic rings. The zero-order valence-electron chi connectivity index (χ0n) is 12.3.